The molecule has 100 valence electrons. The molecule has 0 saturated carbocycles. The second kappa shape index (κ2) is 7.91. The van der Waals surface area contributed by atoms with Crippen molar-refractivity contribution in [3.05, 3.63) is 35.9 Å². The molecule has 1 aromatic rings. The molecule has 1 N–H and O–H groups in total. The van der Waals surface area contributed by atoms with E-state index in [9.17, 15) is 4.79 Å². The SMILES string of the molecule is CCCC(CCC)C(=O)N[C@H](C)c1ccccc1. The van der Waals surface area contributed by atoms with E-state index in [4.69, 9.17) is 0 Å². The highest BCUT2D eigenvalue weighted by Crippen LogP contribution is 2.17. The monoisotopic (exact) mass is 247 g/mol. The van der Waals surface area contributed by atoms with E-state index in [1.807, 2.05) is 25.1 Å². The average molecular weight is 247 g/mol. The summed E-state index contributed by atoms with van der Waals surface area (Å²) in [6.07, 6.45) is 4.11. The average Bonchev–Trinajstić information content (AvgIpc) is 2.39. The number of hydrogen-bond acceptors (Lipinski definition) is 1. The first-order valence-corrected chi connectivity index (χ1v) is 7.04. The standard InChI is InChI=1S/C16H25NO/c1-4-9-15(10-5-2)16(18)17-13(3)14-11-7-6-8-12-14/h6-8,11-13,15H,4-5,9-10H2,1-3H3,(H,17,18)/t13-/m1/s1. The Morgan fingerprint density at radius 2 is 1.67 bits per heavy atom. The fourth-order valence-electron chi connectivity index (χ4n) is 2.26. The molecule has 2 nitrogen and oxygen atoms in total. The molecule has 0 aromatic heterocycles. The zero-order valence-electron chi connectivity index (χ0n) is 11.8. The smallest absolute Gasteiger partial charge is 0.223 e. The van der Waals surface area contributed by atoms with Crippen molar-refractivity contribution in [2.45, 2.75) is 52.5 Å². The number of hydrogen-bond donors (Lipinski definition) is 1. The van der Waals surface area contributed by atoms with Gasteiger partial charge in [0.2, 0.25) is 5.91 Å². The van der Waals surface area contributed by atoms with E-state index < -0.39 is 0 Å². The van der Waals surface area contributed by atoms with E-state index in [1.54, 1.807) is 0 Å². The van der Waals surface area contributed by atoms with E-state index in [0.29, 0.717) is 0 Å². The number of rotatable bonds is 7. The Morgan fingerprint density at radius 3 is 2.17 bits per heavy atom. The molecule has 18 heavy (non-hydrogen) atoms. The minimum absolute atomic E-state index is 0.0925. The molecule has 1 rings (SSSR count). The van der Waals surface area contributed by atoms with Crippen LogP contribution in [0.1, 0.15) is 58.1 Å². The third-order valence-electron chi connectivity index (χ3n) is 3.30. The lowest BCUT2D eigenvalue weighted by Gasteiger charge is -2.19. The van der Waals surface area contributed by atoms with Crippen molar-refractivity contribution in [3.63, 3.8) is 0 Å². The van der Waals surface area contributed by atoms with E-state index in [-0.39, 0.29) is 17.9 Å². The van der Waals surface area contributed by atoms with Crippen LogP contribution < -0.4 is 5.32 Å². The molecular formula is C16H25NO. The van der Waals surface area contributed by atoms with E-state index in [2.05, 4.69) is 31.3 Å². The van der Waals surface area contributed by atoms with Gasteiger partial charge >= 0.3 is 0 Å². The summed E-state index contributed by atoms with van der Waals surface area (Å²) < 4.78 is 0. The van der Waals surface area contributed by atoms with Gasteiger partial charge in [0.05, 0.1) is 6.04 Å². The lowest BCUT2D eigenvalue weighted by molar-refractivity contribution is -0.126. The Kier molecular flexibility index (Phi) is 6.48. The van der Waals surface area contributed by atoms with Crippen LogP contribution in [0.4, 0.5) is 0 Å². The Morgan fingerprint density at radius 1 is 1.11 bits per heavy atom. The minimum atomic E-state index is 0.0925. The first-order valence-electron chi connectivity index (χ1n) is 7.04. The first-order chi connectivity index (χ1) is 8.69. The van der Waals surface area contributed by atoms with Crippen LogP contribution in [0.15, 0.2) is 30.3 Å². The van der Waals surface area contributed by atoms with Crippen molar-refractivity contribution in [1.29, 1.82) is 0 Å². The van der Waals surface area contributed by atoms with Crippen LogP contribution >= 0.6 is 0 Å². The van der Waals surface area contributed by atoms with Crippen molar-refractivity contribution in [1.82, 2.24) is 5.32 Å². The predicted molar refractivity (Wildman–Crippen MR) is 76.3 cm³/mol. The van der Waals surface area contributed by atoms with Gasteiger partial charge in [-0.05, 0) is 25.3 Å². The lowest BCUT2D eigenvalue weighted by Crippen LogP contribution is -2.32. The Labute approximate surface area is 111 Å². The third kappa shape index (κ3) is 4.52. The molecule has 0 aliphatic carbocycles. The molecule has 1 atom stereocenters. The summed E-state index contributed by atoms with van der Waals surface area (Å²) in [5, 5.41) is 3.13. The maximum atomic E-state index is 12.2. The predicted octanol–water partition coefficient (Wildman–Crippen LogP) is 4.08. The largest absolute Gasteiger partial charge is 0.349 e. The summed E-state index contributed by atoms with van der Waals surface area (Å²) in [4.78, 5) is 12.2. The second-order valence-electron chi connectivity index (χ2n) is 4.92. The van der Waals surface area contributed by atoms with Gasteiger partial charge in [-0.15, -0.1) is 0 Å². The van der Waals surface area contributed by atoms with Crippen LogP contribution in [-0.4, -0.2) is 5.91 Å². The van der Waals surface area contributed by atoms with Crippen molar-refractivity contribution < 1.29 is 4.79 Å². The maximum Gasteiger partial charge on any atom is 0.223 e. The van der Waals surface area contributed by atoms with Gasteiger partial charge in [-0.3, -0.25) is 4.79 Å². The van der Waals surface area contributed by atoms with E-state index >= 15 is 0 Å². The highest BCUT2D eigenvalue weighted by Gasteiger charge is 2.18. The molecule has 0 bridgehead atoms. The molecular weight excluding hydrogens is 222 g/mol. The highest BCUT2D eigenvalue weighted by molar-refractivity contribution is 5.79. The number of benzene rings is 1. The molecule has 1 aromatic carbocycles. The first kappa shape index (κ1) is 14.7. The lowest BCUT2D eigenvalue weighted by atomic mass is 9.96. The topological polar surface area (TPSA) is 29.1 Å². The van der Waals surface area contributed by atoms with Crippen molar-refractivity contribution in [3.8, 4) is 0 Å². The summed E-state index contributed by atoms with van der Waals surface area (Å²) in [6, 6.07) is 10.2. The van der Waals surface area contributed by atoms with Crippen molar-refractivity contribution in [2.24, 2.45) is 5.92 Å². The molecule has 0 fully saturated rings. The number of carbonyl (C=O) groups excluding carboxylic acids is 1. The molecule has 0 spiro atoms. The van der Waals surface area contributed by atoms with Gasteiger partial charge in [0.1, 0.15) is 0 Å². The van der Waals surface area contributed by atoms with Crippen LogP contribution in [0.3, 0.4) is 0 Å². The summed E-state index contributed by atoms with van der Waals surface area (Å²) >= 11 is 0. The van der Waals surface area contributed by atoms with E-state index in [0.717, 1.165) is 31.2 Å². The zero-order chi connectivity index (χ0) is 13.4. The quantitative estimate of drug-likeness (QED) is 0.773. The molecule has 0 saturated heterocycles. The number of amides is 1. The fraction of sp³-hybridized carbons (Fsp3) is 0.562. The Hall–Kier alpha value is -1.31. The van der Waals surface area contributed by atoms with Gasteiger partial charge in [0.15, 0.2) is 0 Å². The molecule has 2 heteroatoms. The third-order valence-corrected chi connectivity index (χ3v) is 3.30. The summed E-state index contributed by atoms with van der Waals surface area (Å²) in [5.41, 5.74) is 1.16. The molecule has 0 unspecified atom stereocenters. The van der Waals surface area contributed by atoms with Crippen molar-refractivity contribution in [2.75, 3.05) is 0 Å². The van der Waals surface area contributed by atoms with E-state index in [1.165, 1.54) is 0 Å². The summed E-state index contributed by atoms with van der Waals surface area (Å²) in [6.45, 7) is 6.31. The van der Waals surface area contributed by atoms with Gasteiger partial charge in [-0.2, -0.15) is 0 Å². The van der Waals surface area contributed by atoms with Gasteiger partial charge in [-0.25, -0.2) is 0 Å². The number of nitrogens with one attached hydrogen (secondary N) is 1. The Bertz CT molecular complexity index is 341. The van der Waals surface area contributed by atoms with Crippen LogP contribution in [0.5, 0.6) is 0 Å². The van der Waals surface area contributed by atoms with Crippen LogP contribution in [-0.2, 0) is 4.79 Å². The summed E-state index contributed by atoms with van der Waals surface area (Å²) in [7, 11) is 0. The van der Waals surface area contributed by atoms with Gasteiger partial charge < -0.3 is 5.32 Å². The molecule has 0 aliphatic heterocycles. The molecule has 0 heterocycles. The van der Waals surface area contributed by atoms with Crippen LogP contribution in [0.2, 0.25) is 0 Å². The molecule has 0 aliphatic rings. The number of carbonyl (C=O) groups is 1. The normalized spacial score (nSPS) is 12.4. The van der Waals surface area contributed by atoms with Gasteiger partial charge in [-0.1, -0.05) is 57.0 Å². The molecule has 0 radical (unpaired) electrons. The second-order valence-corrected chi connectivity index (χ2v) is 4.92. The molecule has 1 amide bonds. The van der Waals surface area contributed by atoms with Gasteiger partial charge in [0, 0.05) is 5.92 Å². The van der Waals surface area contributed by atoms with Crippen LogP contribution in [0.25, 0.3) is 0 Å². The minimum Gasteiger partial charge on any atom is -0.349 e. The van der Waals surface area contributed by atoms with Gasteiger partial charge in [0.25, 0.3) is 0 Å². The maximum absolute atomic E-state index is 12.2. The summed E-state index contributed by atoms with van der Waals surface area (Å²) in [5.74, 6) is 0.376. The Balaban J connectivity index is 2.57. The highest BCUT2D eigenvalue weighted by atomic mass is 16.1. The fourth-order valence-corrected chi connectivity index (χ4v) is 2.26. The van der Waals surface area contributed by atoms with Crippen LogP contribution in [0, 0.1) is 5.92 Å². The zero-order valence-corrected chi connectivity index (χ0v) is 11.8. The van der Waals surface area contributed by atoms with Crippen molar-refractivity contribution >= 4 is 5.91 Å².